The predicted octanol–water partition coefficient (Wildman–Crippen LogP) is 6.61. The van der Waals surface area contributed by atoms with Crippen molar-refractivity contribution in [3.8, 4) is 11.5 Å². The van der Waals surface area contributed by atoms with Crippen LogP contribution in [0.25, 0.3) is 6.08 Å². The van der Waals surface area contributed by atoms with Crippen molar-refractivity contribution in [2.24, 2.45) is 0 Å². The van der Waals surface area contributed by atoms with Gasteiger partial charge in [-0.3, -0.25) is 24.6 Å². The molecule has 12 heteroatoms. The first-order chi connectivity index (χ1) is 15.0. The third kappa shape index (κ3) is 5.13. The van der Waals surface area contributed by atoms with Crippen LogP contribution in [-0.4, -0.2) is 27.5 Å². The molecular weight excluding hydrogens is 517 g/mol. The Morgan fingerprint density at radius 3 is 2.50 bits per heavy atom. The summed E-state index contributed by atoms with van der Waals surface area (Å²) in [6, 6.07) is 6.49. The van der Waals surface area contributed by atoms with E-state index in [0.29, 0.717) is 28.6 Å². The molecular formula is C20H14BrF3N2O5S. The topological polar surface area (TPSA) is 89.8 Å². The molecule has 0 spiro atoms. The van der Waals surface area contributed by atoms with E-state index in [2.05, 4.69) is 15.9 Å². The minimum Gasteiger partial charge on any atom is -0.449 e. The highest BCUT2D eigenvalue weighted by molar-refractivity contribution is 9.10. The van der Waals surface area contributed by atoms with Gasteiger partial charge in [-0.25, -0.2) is 0 Å². The summed E-state index contributed by atoms with van der Waals surface area (Å²) in [4.78, 5) is 36.2. The van der Waals surface area contributed by atoms with Gasteiger partial charge in [0, 0.05) is 22.6 Å². The second-order valence-corrected chi connectivity index (χ2v) is 8.46. The molecule has 2 amide bonds. The summed E-state index contributed by atoms with van der Waals surface area (Å²) < 4.78 is 45.0. The summed E-state index contributed by atoms with van der Waals surface area (Å²) in [5.74, 6) is -0.828. The Hall–Kier alpha value is -2.86. The van der Waals surface area contributed by atoms with E-state index in [1.54, 1.807) is 12.1 Å². The van der Waals surface area contributed by atoms with Gasteiger partial charge in [0.1, 0.15) is 5.75 Å². The van der Waals surface area contributed by atoms with Gasteiger partial charge in [0.15, 0.2) is 0 Å². The van der Waals surface area contributed by atoms with E-state index in [1.165, 1.54) is 12.1 Å². The molecule has 1 aliphatic rings. The Bertz CT molecular complexity index is 1140. The Morgan fingerprint density at radius 2 is 1.88 bits per heavy atom. The summed E-state index contributed by atoms with van der Waals surface area (Å²) in [5, 5.41) is 10.9. The standard InChI is InChI=1S/C20H14BrF3N2O5S/c1-2-7-25-18(27)17(32-19(25)28)9-11-8-13(21)4-6-15(11)31-16-5-3-12(20(22,23)24)10-14(16)26(29)30/h3-6,8-10H,2,7H2,1H3/b17-9+. The largest absolute Gasteiger partial charge is 0.449 e. The Morgan fingerprint density at radius 1 is 1.19 bits per heavy atom. The molecule has 1 heterocycles. The lowest BCUT2D eigenvalue weighted by atomic mass is 10.1. The number of alkyl halides is 3. The van der Waals surface area contributed by atoms with Gasteiger partial charge in [-0.1, -0.05) is 22.9 Å². The zero-order valence-corrected chi connectivity index (χ0v) is 18.7. The van der Waals surface area contributed by atoms with Gasteiger partial charge in [0.05, 0.1) is 15.4 Å². The normalized spacial score (nSPS) is 15.5. The molecule has 0 aliphatic carbocycles. The number of nitro benzene ring substituents is 1. The summed E-state index contributed by atoms with van der Waals surface area (Å²) in [7, 11) is 0. The second kappa shape index (κ2) is 9.33. The lowest BCUT2D eigenvalue weighted by Gasteiger charge is -2.12. The van der Waals surface area contributed by atoms with Crippen molar-refractivity contribution in [3.63, 3.8) is 0 Å². The van der Waals surface area contributed by atoms with E-state index < -0.39 is 39.2 Å². The average molecular weight is 531 g/mol. The smallest absolute Gasteiger partial charge is 0.416 e. The fourth-order valence-corrected chi connectivity index (χ4v) is 4.06. The predicted molar refractivity (Wildman–Crippen MR) is 115 cm³/mol. The molecule has 32 heavy (non-hydrogen) atoms. The van der Waals surface area contributed by atoms with Gasteiger partial charge in [-0.15, -0.1) is 0 Å². The van der Waals surface area contributed by atoms with Gasteiger partial charge in [0.25, 0.3) is 11.1 Å². The molecule has 3 rings (SSSR count). The van der Waals surface area contributed by atoms with E-state index in [-0.39, 0.29) is 17.2 Å². The van der Waals surface area contributed by atoms with Crippen molar-refractivity contribution in [1.29, 1.82) is 0 Å². The van der Waals surface area contributed by atoms with Gasteiger partial charge < -0.3 is 4.74 Å². The van der Waals surface area contributed by atoms with Crippen molar-refractivity contribution < 1.29 is 32.4 Å². The molecule has 7 nitrogen and oxygen atoms in total. The first-order valence-electron chi connectivity index (χ1n) is 9.09. The molecule has 1 aliphatic heterocycles. The molecule has 168 valence electrons. The molecule has 0 N–H and O–H groups in total. The van der Waals surface area contributed by atoms with E-state index in [0.717, 1.165) is 22.7 Å². The molecule has 0 radical (unpaired) electrons. The molecule has 1 fully saturated rings. The van der Waals surface area contributed by atoms with Crippen LogP contribution in [0, 0.1) is 10.1 Å². The summed E-state index contributed by atoms with van der Waals surface area (Å²) in [6.45, 7) is 2.09. The number of nitrogens with zero attached hydrogens (tertiary/aromatic N) is 2. The monoisotopic (exact) mass is 530 g/mol. The number of hydrogen-bond donors (Lipinski definition) is 0. The van der Waals surface area contributed by atoms with E-state index in [1.807, 2.05) is 6.92 Å². The molecule has 0 aromatic heterocycles. The fourth-order valence-electron chi connectivity index (χ4n) is 2.82. The maximum Gasteiger partial charge on any atom is 0.416 e. The third-order valence-electron chi connectivity index (χ3n) is 4.28. The number of carbonyl (C=O) groups excluding carboxylic acids is 2. The minimum absolute atomic E-state index is 0.0540. The Kier molecular flexibility index (Phi) is 6.94. The number of halogens is 4. The summed E-state index contributed by atoms with van der Waals surface area (Å²) in [5.41, 5.74) is -1.75. The molecule has 0 atom stereocenters. The van der Waals surface area contributed by atoms with Crippen molar-refractivity contribution >= 4 is 50.6 Å². The van der Waals surface area contributed by atoms with Crippen LogP contribution < -0.4 is 4.74 Å². The zero-order chi connectivity index (χ0) is 23.6. The van der Waals surface area contributed by atoms with E-state index in [9.17, 15) is 32.9 Å². The highest BCUT2D eigenvalue weighted by Gasteiger charge is 2.35. The van der Waals surface area contributed by atoms with Crippen LogP contribution in [-0.2, 0) is 11.0 Å². The number of benzene rings is 2. The first kappa shape index (κ1) is 23.8. The molecule has 0 bridgehead atoms. The number of amides is 2. The van der Waals surface area contributed by atoms with Gasteiger partial charge in [-0.2, -0.15) is 13.2 Å². The number of carbonyl (C=O) groups is 2. The molecule has 0 unspecified atom stereocenters. The first-order valence-corrected chi connectivity index (χ1v) is 10.7. The number of rotatable bonds is 6. The van der Waals surface area contributed by atoms with Crippen LogP contribution in [0.1, 0.15) is 24.5 Å². The highest BCUT2D eigenvalue weighted by atomic mass is 79.9. The lowest BCUT2D eigenvalue weighted by Crippen LogP contribution is -2.28. The number of imide groups is 1. The fraction of sp³-hybridized carbons (Fsp3) is 0.200. The van der Waals surface area contributed by atoms with Crippen molar-refractivity contribution in [2.45, 2.75) is 19.5 Å². The van der Waals surface area contributed by atoms with Crippen LogP contribution in [0.4, 0.5) is 23.7 Å². The molecule has 2 aromatic carbocycles. The number of nitro groups is 1. The number of ether oxygens (including phenoxy) is 1. The van der Waals surface area contributed by atoms with E-state index in [4.69, 9.17) is 4.74 Å². The van der Waals surface area contributed by atoms with Crippen LogP contribution in [0.5, 0.6) is 11.5 Å². The maximum atomic E-state index is 12.9. The van der Waals surface area contributed by atoms with Crippen LogP contribution in [0.15, 0.2) is 45.8 Å². The molecule has 0 saturated carbocycles. The number of thioether (sulfide) groups is 1. The minimum atomic E-state index is -4.76. The molecule has 1 saturated heterocycles. The third-order valence-corrected chi connectivity index (χ3v) is 5.68. The summed E-state index contributed by atoms with van der Waals surface area (Å²) >= 11 is 4.02. The second-order valence-electron chi connectivity index (χ2n) is 6.55. The van der Waals surface area contributed by atoms with Gasteiger partial charge in [-0.05, 0) is 54.6 Å². The van der Waals surface area contributed by atoms with Crippen LogP contribution in [0.3, 0.4) is 0 Å². The van der Waals surface area contributed by atoms with E-state index >= 15 is 0 Å². The lowest BCUT2D eigenvalue weighted by molar-refractivity contribution is -0.385. The molecule has 2 aromatic rings. The van der Waals surface area contributed by atoms with Crippen LogP contribution in [0.2, 0.25) is 0 Å². The quantitative estimate of drug-likeness (QED) is 0.237. The van der Waals surface area contributed by atoms with Gasteiger partial charge >= 0.3 is 11.9 Å². The SMILES string of the molecule is CCCN1C(=O)S/C(=C/c2cc(Br)ccc2Oc2ccc(C(F)(F)F)cc2[N+](=O)[O-])C1=O. The zero-order valence-electron chi connectivity index (χ0n) is 16.3. The summed E-state index contributed by atoms with van der Waals surface area (Å²) in [6.07, 6.45) is -2.77. The van der Waals surface area contributed by atoms with Gasteiger partial charge in [0.2, 0.25) is 5.75 Å². The van der Waals surface area contributed by atoms with Crippen LogP contribution >= 0.6 is 27.7 Å². The highest BCUT2D eigenvalue weighted by Crippen LogP contribution is 2.40. The Balaban J connectivity index is 2.01. The van der Waals surface area contributed by atoms with Crippen molar-refractivity contribution in [1.82, 2.24) is 4.90 Å². The number of hydrogen-bond acceptors (Lipinski definition) is 6. The maximum absolute atomic E-state index is 12.9. The van der Waals surface area contributed by atoms with Crippen molar-refractivity contribution in [3.05, 3.63) is 67.0 Å². The van der Waals surface area contributed by atoms with Crippen molar-refractivity contribution in [2.75, 3.05) is 6.54 Å². The Labute approximate surface area is 192 Å². The average Bonchev–Trinajstić information content (AvgIpc) is 2.97.